The number of amides is 1. The van der Waals surface area contributed by atoms with Gasteiger partial charge in [-0.1, -0.05) is 54.6 Å². The second-order valence-corrected chi connectivity index (χ2v) is 6.07. The smallest absolute Gasteiger partial charge is 0.408 e. The number of rotatable bonds is 4. The lowest BCUT2D eigenvalue weighted by atomic mass is 9.85. The van der Waals surface area contributed by atoms with Crippen LogP contribution in [0.2, 0.25) is 0 Å². The van der Waals surface area contributed by atoms with E-state index in [0.29, 0.717) is 6.42 Å². The molecule has 0 saturated carbocycles. The number of hydrogen-bond donors (Lipinski definition) is 1. The lowest BCUT2D eigenvalue weighted by Gasteiger charge is -2.33. The molecule has 3 rings (SSSR count). The minimum absolute atomic E-state index is 0.194. The summed E-state index contributed by atoms with van der Waals surface area (Å²) in [5, 5.41) is 2.86. The normalized spacial score (nSPS) is 18.8. The summed E-state index contributed by atoms with van der Waals surface area (Å²) in [6.07, 6.45) is 0.561. The Balaban J connectivity index is 1.70. The minimum Gasteiger partial charge on any atom is -0.460 e. The molecule has 1 aliphatic carbocycles. The first-order valence-corrected chi connectivity index (χ1v) is 8.35. The zero-order valence-electron chi connectivity index (χ0n) is 14.1. The van der Waals surface area contributed by atoms with Gasteiger partial charge in [0.25, 0.3) is 0 Å². The largest absolute Gasteiger partial charge is 0.460 e. The molecule has 0 fully saturated rings. The standard InChI is InChI=1S/C20H21NO4/c1-14(22)25-18-12-11-16-9-5-6-10-17(16)19(18)21-20(23)24-13-15-7-3-2-4-8-15/h2-10,18-19H,11-13H2,1H3,(H,21,23)/t18-,19-/m0/s1. The van der Waals surface area contributed by atoms with Crippen LogP contribution in [0.1, 0.15) is 36.1 Å². The third kappa shape index (κ3) is 4.38. The van der Waals surface area contributed by atoms with Crippen LogP contribution >= 0.6 is 0 Å². The SMILES string of the molecule is CC(=O)O[C@H]1CCc2ccccc2[C@@H]1NC(=O)OCc1ccccc1. The van der Waals surface area contributed by atoms with Crippen LogP contribution in [-0.2, 0) is 27.3 Å². The fourth-order valence-electron chi connectivity index (χ4n) is 3.13. The van der Waals surface area contributed by atoms with Gasteiger partial charge in [0.2, 0.25) is 0 Å². The Morgan fingerprint density at radius 1 is 1.08 bits per heavy atom. The van der Waals surface area contributed by atoms with E-state index in [2.05, 4.69) is 5.32 Å². The number of alkyl carbamates (subject to hydrolysis) is 1. The molecule has 0 saturated heterocycles. The van der Waals surface area contributed by atoms with Crippen molar-refractivity contribution < 1.29 is 19.1 Å². The number of carbonyl (C=O) groups excluding carboxylic acids is 2. The van der Waals surface area contributed by atoms with Gasteiger partial charge in [-0.3, -0.25) is 4.79 Å². The molecule has 2 aromatic rings. The Morgan fingerprint density at radius 3 is 2.56 bits per heavy atom. The monoisotopic (exact) mass is 339 g/mol. The summed E-state index contributed by atoms with van der Waals surface area (Å²) in [6, 6.07) is 16.9. The Labute approximate surface area is 147 Å². The molecular weight excluding hydrogens is 318 g/mol. The average molecular weight is 339 g/mol. The van der Waals surface area contributed by atoms with Gasteiger partial charge in [-0.05, 0) is 29.5 Å². The summed E-state index contributed by atoms with van der Waals surface area (Å²) in [5.74, 6) is -0.353. The van der Waals surface area contributed by atoms with Crippen molar-refractivity contribution in [2.45, 2.75) is 38.5 Å². The van der Waals surface area contributed by atoms with E-state index in [1.807, 2.05) is 54.6 Å². The maximum absolute atomic E-state index is 12.3. The second kappa shape index (κ2) is 7.83. The lowest BCUT2D eigenvalue weighted by molar-refractivity contribution is -0.148. The molecule has 0 radical (unpaired) electrons. The number of benzene rings is 2. The van der Waals surface area contributed by atoms with E-state index in [-0.39, 0.29) is 12.6 Å². The second-order valence-electron chi connectivity index (χ2n) is 6.07. The highest BCUT2D eigenvalue weighted by Crippen LogP contribution is 2.32. The minimum atomic E-state index is -0.525. The van der Waals surface area contributed by atoms with E-state index in [9.17, 15) is 9.59 Å². The first kappa shape index (κ1) is 17.0. The van der Waals surface area contributed by atoms with Gasteiger partial charge < -0.3 is 14.8 Å². The summed E-state index contributed by atoms with van der Waals surface area (Å²) in [5.41, 5.74) is 3.04. The molecule has 1 N–H and O–H groups in total. The molecule has 2 aromatic carbocycles. The van der Waals surface area contributed by atoms with Crippen molar-refractivity contribution in [3.05, 3.63) is 71.3 Å². The number of aryl methyl sites for hydroxylation is 1. The van der Waals surface area contributed by atoms with Crippen LogP contribution in [0.15, 0.2) is 54.6 Å². The number of hydrogen-bond acceptors (Lipinski definition) is 4. The number of nitrogens with one attached hydrogen (secondary N) is 1. The summed E-state index contributed by atoms with van der Waals surface area (Å²) >= 11 is 0. The zero-order chi connectivity index (χ0) is 17.6. The van der Waals surface area contributed by atoms with Crippen molar-refractivity contribution in [3.8, 4) is 0 Å². The van der Waals surface area contributed by atoms with Gasteiger partial charge >= 0.3 is 12.1 Å². The molecular formula is C20H21NO4. The molecule has 1 aliphatic rings. The number of esters is 1. The van der Waals surface area contributed by atoms with Crippen LogP contribution < -0.4 is 5.32 Å². The van der Waals surface area contributed by atoms with Crippen molar-refractivity contribution in [3.63, 3.8) is 0 Å². The van der Waals surface area contributed by atoms with Crippen LogP contribution in [0.5, 0.6) is 0 Å². The highest BCUT2D eigenvalue weighted by molar-refractivity contribution is 5.69. The van der Waals surface area contributed by atoms with Gasteiger partial charge in [0, 0.05) is 6.92 Å². The molecule has 0 aromatic heterocycles. The van der Waals surface area contributed by atoms with Gasteiger partial charge in [-0.2, -0.15) is 0 Å². The van der Waals surface area contributed by atoms with Crippen LogP contribution in [0.25, 0.3) is 0 Å². The van der Waals surface area contributed by atoms with E-state index in [4.69, 9.17) is 9.47 Å². The zero-order valence-corrected chi connectivity index (χ0v) is 14.1. The fourth-order valence-corrected chi connectivity index (χ4v) is 3.13. The highest BCUT2D eigenvalue weighted by atomic mass is 16.6. The molecule has 0 bridgehead atoms. The Hall–Kier alpha value is -2.82. The summed E-state index contributed by atoms with van der Waals surface area (Å²) < 4.78 is 10.7. The van der Waals surface area contributed by atoms with E-state index >= 15 is 0 Å². The summed E-state index contributed by atoms with van der Waals surface area (Å²) in [6.45, 7) is 1.57. The molecule has 2 atom stereocenters. The van der Waals surface area contributed by atoms with E-state index in [1.165, 1.54) is 6.92 Å². The lowest BCUT2D eigenvalue weighted by Crippen LogP contribution is -2.41. The maximum Gasteiger partial charge on any atom is 0.408 e. The van der Waals surface area contributed by atoms with Gasteiger partial charge in [-0.15, -0.1) is 0 Å². The van der Waals surface area contributed by atoms with Crippen LogP contribution in [-0.4, -0.2) is 18.2 Å². The van der Waals surface area contributed by atoms with E-state index in [1.54, 1.807) is 0 Å². The molecule has 0 spiro atoms. The molecule has 25 heavy (non-hydrogen) atoms. The molecule has 1 amide bonds. The molecule has 0 heterocycles. The number of fused-ring (bicyclic) bond motifs is 1. The highest BCUT2D eigenvalue weighted by Gasteiger charge is 2.33. The summed E-state index contributed by atoms with van der Waals surface area (Å²) in [4.78, 5) is 23.7. The Bertz CT molecular complexity index is 744. The molecule has 0 aliphatic heterocycles. The van der Waals surface area contributed by atoms with Crippen molar-refractivity contribution in [2.75, 3.05) is 0 Å². The average Bonchev–Trinajstić information content (AvgIpc) is 2.62. The third-order valence-electron chi connectivity index (χ3n) is 4.26. The molecule has 0 unspecified atom stereocenters. The van der Waals surface area contributed by atoms with Crippen molar-refractivity contribution in [1.29, 1.82) is 0 Å². The summed E-state index contributed by atoms with van der Waals surface area (Å²) in [7, 11) is 0. The fraction of sp³-hybridized carbons (Fsp3) is 0.300. The first-order valence-electron chi connectivity index (χ1n) is 8.35. The Morgan fingerprint density at radius 2 is 1.80 bits per heavy atom. The van der Waals surface area contributed by atoms with Gasteiger partial charge in [0.05, 0.1) is 6.04 Å². The van der Waals surface area contributed by atoms with Crippen LogP contribution in [0.4, 0.5) is 4.79 Å². The van der Waals surface area contributed by atoms with Crippen molar-refractivity contribution >= 4 is 12.1 Å². The first-order chi connectivity index (χ1) is 12.1. The molecule has 5 nitrogen and oxygen atoms in total. The van der Waals surface area contributed by atoms with Gasteiger partial charge in [0.15, 0.2) is 0 Å². The van der Waals surface area contributed by atoms with E-state index in [0.717, 1.165) is 23.1 Å². The topological polar surface area (TPSA) is 64.6 Å². The maximum atomic E-state index is 12.3. The van der Waals surface area contributed by atoms with Crippen LogP contribution in [0.3, 0.4) is 0 Å². The molecule has 130 valence electrons. The van der Waals surface area contributed by atoms with Gasteiger partial charge in [-0.25, -0.2) is 4.79 Å². The van der Waals surface area contributed by atoms with Gasteiger partial charge in [0.1, 0.15) is 12.7 Å². The molecule has 5 heteroatoms. The van der Waals surface area contributed by atoms with Crippen molar-refractivity contribution in [1.82, 2.24) is 5.32 Å². The quantitative estimate of drug-likeness (QED) is 0.866. The number of carbonyl (C=O) groups is 2. The van der Waals surface area contributed by atoms with E-state index < -0.39 is 18.2 Å². The van der Waals surface area contributed by atoms with Crippen LogP contribution in [0, 0.1) is 0 Å². The Kier molecular flexibility index (Phi) is 5.33. The van der Waals surface area contributed by atoms with Crippen molar-refractivity contribution in [2.24, 2.45) is 0 Å². The number of ether oxygens (including phenoxy) is 2. The predicted octanol–water partition coefficient (Wildman–Crippen LogP) is 3.53. The third-order valence-corrected chi connectivity index (χ3v) is 4.26. The predicted molar refractivity (Wildman–Crippen MR) is 92.8 cm³/mol.